The zero-order valence-electron chi connectivity index (χ0n) is 60.9. The third kappa shape index (κ3) is 61.2. The van der Waals surface area contributed by atoms with E-state index in [2.05, 4.69) is 146 Å². The first-order valence-corrected chi connectivity index (χ1v) is 36.1. The minimum atomic E-state index is -0.830. The number of rotatable bonds is 74. The van der Waals surface area contributed by atoms with Crippen LogP contribution in [0.15, 0.2) is 4.99 Å². The molecule has 0 aliphatic heterocycles. The van der Waals surface area contributed by atoms with E-state index in [9.17, 15) is 29.7 Å². The lowest BCUT2D eigenvalue weighted by molar-refractivity contribution is -0.459. The number of aliphatic hydroxyl groups is 1. The van der Waals surface area contributed by atoms with E-state index in [0.29, 0.717) is 180 Å². The van der Waals surface area contributed by atoms with Crippen LogP contribution in [0.1, 0.15) is 119 Å². The number of nitrogens with one attached hydrogen (secondary N) is 19. The van der Waals surface area contributed by atoms with Crippen molar-refractivity contribution in [3.8, 4) is 0 Å². The number of primary amides is 1. The number of hydrogen-bond acceptors (Lipinski definition) is 21. The summed E-state index contributed by atoms with van der Waals surface area (Å²) < 4.78 is 0. The maximum Gasteiger partial charge on any atom is 0.303 e. The van der Waals surface area contributed by atoms with Gasteiger partial charge in [-0.25, -0.2) is 20.0 Å². The van der Waals surface area contributed by atoms with Gasteiger partial charge in [-0.15, -0.1) is 19.6 Å². The van der Waals surface area contributed by atoms with Gasteiger partial charge in [0.15, 0.2) is 44.2 Å². The number of aliphatic imine (C=N–C) groups is 1. The average molecular weight is 1390 g/mol. The Kier molecular flexibility index (Phi) is 63.7. The van der Waals surface area contributed by atoms with Gasteiger partial charge in [-0.2, -0.15) is 6.54 Å². The number of carboxylic acid groups (broad SMARTS) is 2. The smallest absolute Gasteiger partial charge is 0.303 e. The molecule has 32 N–H and O–H groups in total. The van der Waals surface area contributed by atoms with Gasteiger partial charge >= 0.3 is 11.9 Å². The van der Waals surface area contributed by atoms with Crippen LogP contribution in [0.25, 0.3) is 0 Å². The summed E-state index contributed by atoms with van der Waals surface area (Å²) in [5.74, 6) is -0.577. The van der Waals surface area contributed by atoms with Crippen molar-refractivity contribution in [2.45, 2.75) is 173 Å². The Labute approximate surface area is 589 Å². The van der Waals surface area contributed by atoms with Crippen LogP contribution in [0.3, 0.4) is 0 Å². The quantitative estimate of drug-likeness (QED) is 0.00884. The molecular weight excluding hydrogens is 1250 g/mol. The van der Waals surface area contributed by atoms with Gasteiger partial charge in [0.2, 0.25) is 18.7 Å². The van der Waals surface area contributed by atoms with Crippen LogP contribution in [0, 0.1) is 51.0 Å². The Morgan fingerprint density at radius 3 is 1.61 bits per heavy atom. The van der Waals surface area contributed by atoms with Crippen LogP contribution >= 0.6 is 0 Å². The van der Waals surface area contributed by atoms with Crippen molar-refractivity contribution in [3.63, 3.8) is 0 Å². The largest absolute Gasteiger partial charge is 0.522 e. The van der Waals surface area contributed by atoms with E-state index < -0.39 is 11.9 Å². The molecule has 0 saturated heterocycles. The molecule has 1 radical (unpaired) electrons. The first kappa shape index (κ1) is 93.3. The van der Waals surface area contributed by atoms with Crippen molar-refractivity contribution in [1.82, 2.24) is 79.8 Å². The molecule has 0 aromatic heterocycles. The summed E-state index contributed by atoms with van der Waals surface area (Å²) in [6.45, 7) is 35.3. The lowest BCUT2D eigenvalue weighted by Crippen LogP contribution is -2.76. The predicted molar refractivity (Wildman–Crippen MR) is 397 cm³/mol. The summed E-state index contributed by atoms with van der Waals surface area (Å²) in [6.07, 6.45) is 16.9. The molecular formula is C67H142N25O6. The Bertz CT molecular complexity index is 2040. The summed E-state index contributed by atoms with van der Waals surface area (Å²) in [6, 6.07) is 0.940. The van der Waals surface area contributed by atoms with Crippen molar-refractivity contribution in [2.75, 3.05) is 151 Å². The fourth-order valence-corrected chi connectivity index (χ4v) is 10.3. The van der Waals surface area contributed by atoms with Crippen molar-refractivity contribution < 1.29 is 55.1 Å². The van der Waals surface area contributed by atoms with Crippen molar-refractivity contribution in [2.24, 2.45) is 45.7 Å². The maximum atomic E-state index is 11.9. The fourth-order valence-electron chi connectivity index (χ4n) is 10.3. The van der Waals surface area contributed by atoms with Crippen molar-refractivity contribution >= 4 is 54.9 Å². The summed E-state index contributed by atoms with van der Waals surface area (Å²) in [5, 5.41) is 86.2. The second-order valence-electron chi connectivity index (χ2n) is 26.0. The van der Waals surface area contributed by atoms with Crippen LogP contribution in [0.5, 0.6) is 0 Å². The number of carbonyl (C=O) groups excluding carboxylic acids is 1. The van der Waals surface area contributed by atoms with E-state index in [-0.39, 0.29) is 73.6 Å². The first-order chi connectivity index (χ1) is 47.3. The molecule has 0 bridgehead atoms. The molecule has 0 aliphatic rings. The van der Waals surface area contributed by atoms with Crippen molar-refractivity contribution in [1.29, 1.82) is 0 Å². The predicted octanol–water partition coefficient (Wildman–Crippen LogP) is -11.6. The average Bonchev–Trinajstić information content (AvgIpc) is 1.20. The number of hydrogen-bond donors (Lipinski definition) is 27. The molecule has 31 heteroatoms. The van der Waals surface area contributed by atoms with Gasteiger partial charge in [-0.1, -0.05) is 48.0 Å². The topological polar surface area (TPSA) is 490 Å². The van der Waals surface area contributed by atoms with E-state index in [1.807, 2.05) is 51.0 Å². The van der Waals surface area contributed by atoms with Gasteiger partial charge in [0.25, 0.3) is 0 Å². The third-order valence-electron chi connectivity index (χ3n) is 16.1. The highest BCUT2D eigenvalue weighted by molar-refractivity contribution is 5.75. The van der Waals surface area contributed by atoms with E-state index >= 15 is 0 Å². The monoisotopic (exact) mass is 1390 g/mol. The Hall–Kier alpha value is -4.65. The molecule has 0 aromatic rings. The number of aliphatic hydroxyl groups excluding tert-OH is 1. The molecule has 0 unspecified atom stereocenters. The lowest BCUT2D eigenvalue weighted by atomic mass is 10.0. The zero-order valence-corrected chi connectivity index (χ0v) is 60.9. The standard InChI is InChI=1S/C67H137N25O6/c1-52(2)41-60(48-92-63(54(5)6)49-81-24-23-73-7)90-45-56(11-8-9-19-68)89-46-58(13-16-64(70)94)85-37-32-77-27-30-82-50-62(53(3)4)91-47-59(15-18-66(97)98)86-38-33-75-26-29-79-44-61(51-93)87-39-34-76-25-28-78-42-55(12-10-21-88-67(71)72)83-40-35-80-43-57(14-17-65(95)96)84-36-31-74-22-20-69/h7,20,24,28,30-35,52-63,69,73,76-77,79,81-87,89-93H,8-19,21-23,25-27,29,36-51,68H2,1-6H3,(H2,70,94)(H,95,96)(H,97,98)(H4,71,72,88)/q-5/p+5/t55-,56-,57-,58-,59-,60-,61+,62+,63+/m0/s1. The number of carboxylic acids is 2. The molecule has 0 fully saturated rings. The molecule has 9 atom stereocenters. The van der Waals surface area contributed by atoms with Crippen LogP contribution < -0.4 is 128 Å². The SMILES string of the molecule is [CH-]NC[CH-]NC[C@@H](NC[C@H](CC(C)C)NC[C@H](CCCCN)NC[C@H](CCC(N)=O)NC[CH-]NC[CH-]NC[C@@H](NC[C@H](CCC(=O)O)NCC=[NH+]CCNC[C@H](CO)NC[CH-]NCC=[NH+]C[C@H](CCCN=C(N)N)NCC=[NH+]C[C@H](CCC(=O)O)NCC=[NH+]CC=[NH2+])C(C)C)C(C)C. The van der Waals surface area contributed by atoms with Crippen LogP contribution in [0.2, 0.25) is 0 Å². The molecule has 571 valence electrons. The summed E-state index contributed by atoms with van der Waals surface area (Å²) in [5.41, 5.74) is 22.6. The van der Waals surface area contributed by atoms with E-state index in [1.54, 1.807) is 0 Å². The number of amides is 1. The van der Waals surface area contributed by atoms with Gasteiger partial charge in [0.05, 0.1) is 44.9 Å². The Morgan fingerprint density at radius 1 is 0.531 bits per heavy atom. The number of nitrogens with zero attached hydrogens (tertiary/aromatic N) is 1. The number of nitrogens with two attached hydrogens (primary N) is 5. The molecule has 98 heavy (non-hydrogen) atoms. The zero-order chi connectivity index (χ0) is 72.5. The van der Waals surface area contributed by atoms with Crippen LogP contribution in [0.4, 0.5) is 0 Å². The minimum Gasteiger partial charge on any atom is -0.522 e. The molecule has 1 amide bonds. The van der Waals surface area contributed by atoms with Gasteiger partial charge < -0.3 is 114 Å². The second kappa shape index (κ2) is 66.9. The molecule has 0 aliphatic carbocycles. The minimum absolute atomic E-state index is 0.0206. The summed E-state index contributed by atoms with van der Waals surface area (Å²) in [4.78, 5) is 51.9. The van der Waals surface area contributed by atoms with Gasteiger partial charge in [0, 0.05) is 107 Å². The van der Waals surface area contributed by atoms with Gasteiger partial charge in [-0.05, 0) is 88.8 Å². The highest BCUT2D eigenvalue weighted by atomic mass is 16.4. The third-order valence-corrected chi connectivity index (χ3v) is 16.1. The number of guanidine groups is 1. The van der Waals surface area contributed by atoms with E-state index in [1.165, 1.54) is 6.21 Å². The highest BCUT2D eigenvalue weighted by Crippen LogP contribution is 2.09. The van der Waals surface area contributed by atoms with Gasteiger partial charge in [0.1, 0.15) is 6.21 Å². The molecule has 0 rings (SSSR count). The lowest BCUT2D eigenvalue weighted by Gasteiger charge is -2.31. The molecule has 0 spiro atoms. The normalized spacial score (nSPS) is 15.1. The molecule has 31 nitrogen and oxygen atoms in total. The Balaban J connectivity index is 4.91. The fraction of sp³-hybridized carbons (Fsp3) is 0.791. The number of carbonyl (C=O) groups is 3. The highest BCUT2D eigenvalue weighted by Gasteiger charge is 2.21. The number of aliphatic carboxylic acids is 2. The van der Waals surface area contributed by atoms with E-state index in [0.717, 1.165) is 58.2 Å². The first-order valence-electron chi connectivity index (χ1n) is 36.1. The summed E-state index contributed by atoms with van der Waals surface area (Å²) >= 11 is 0. The van der Waals surface area contributed by atoms with Crippen molar-refractivity contribution in [3.05, 3.63) is 33.2 Å². The second-order valence-corrected chi connectivity index (χ2v) is 26.0. The summed E-state index contributed by atoms with van der Waals surface area (Å²) in [7, 11) is 5.44. The van der Waals surface area contributed by atoms with Gasteiger partial charge in [-0.3, -0.25) is 61.6 Å². The maximum absolute atomic E-state index is 11.9. The van der Waals surface area contributed by atoms with Crippen LogP contribution in [-0.2, 0) is 14.4 Å². The molecule has 0 saturated carbocycles. The number of unbranched alkanes of at least 4 members (excludes halogenated alkanes) is 1. The van der Waals surface area contributed by atoms with E-state index in [4.69, 9.17) is 35.4 Å². The van der Waals surface area contributed by atoms with Crippen LogP contribution in [-0.4, -0.2) is 275 Å². The Morgan fingerprint density at radius 2 is 1.03 bits per heavy atom. The molecule has 0 heterocycles. The molecule has 0 aromatic carbocycles.